The van der Waals surface area contributed by atoms with Gasteiger partial charge in [0, 0.05) is 30.2 Å². The van der Waals surface area contributed by atoms with Crippen molar-refractivity contribution >= 4 is 16.3 Å². The highest BCUT2D eigenvalue weighted by Gasteiger charge is 2.09. The van der Waals surface area contributed by atoms with E-state index in [-0.39, 0.29) is 6.04 Å². The van der Waals surface area contributed by atoms with Gasteiger partial charge in [-0.15, -0.1) is 11.3 Å². The molecule has 1 aromatic carbocycles. The minimum absolute atomic E-state index is 0.167. The van der Waals surface area contributed by atoms with Crippen molar-refractivity contribution < 1.29 is 0 Å². The number of rotatable bonds is 5. The molecule has 0 saturated carbocycles. The molecule has 1 atom stereocenters. The largest absolute Gasteiger partial charge is 0.327 e. The van der Waals surface area contributed by atoms with Gasteiger partial charge in [-0.25, -0.2) is 4.98 Å². The van der Waals surface area contributed by atoms with Crippen molar-refractivity contribution in [2.75, 3.05) is 0 Å². The Labute approximate surface area is 123 Å². The lowest BCUT2D eigenvalue weighted by Gasteiger charge is -2.10. The van der Waals surface area contributed by atoms with Gasteiger partial charge in [-0.1, -0.05) is 29.8 Å². The Kier molecular flexibility index (Phi) is 3.85. The molecule has 0 spiro atoms. The second-order valence-corrected chi connectivity index (χ2v) is 6.19. The molecule has 3 aromatic rings. The summed E-state index contributed by atoms with van der Waals surface area (Å²) in [6.07, 6.45) is 6.99. The number of imidazole rings is 1. The number of hydrogen-bond acceptors (Lipinski definition) is 3. The van der Waals surface area contributed by atoms with Crippen LogP contribution in [0.4, 0.5) is 0 Å². The Balaban J connectivity index is 1.57. The van der Waals surface area contributed by atoms with E-state index < -0.39 is 0 Å². The van der Waals surface area contributed by atoms with E-state index in [0.717, 1.165) is 29.9 Å². The van der Waals surface area contributed by atoms with Gasteiger partial charge in [-0.05, 0) is 25.3 Å². The summed E-state index contributed by atoms with van der Waals surface area (Å²) in [5.74, 6) is 0. The Morgan fingerprint density at radius 3 is 3.10 bits per heavy atom. The zero-order valence-corrected chi connectivity index (χ0v) is 12.4. The lowest BCUT2D eigenvalue weighted by atomic mass is 10.0. The standard InChI is InChI=1S/C16H19N3S/c1-12-3-2-4-13(9-12)5-6-14(17)10-15-11-19-7-8-20-16(19)18-15/h2-4,7-9,11,14H,5-6,10,17H2,1H3. The van der Waals surface area contributed by atoms with Gasteiger partial charge in [-0.3, -0.25) is 4.40 Å². The van der Waals surface area contributed by atoms with E-state index in [4.69, 9.17) is 5.73 Å². The van der Waals surface area contributed by atoms with Crippen molar-refractivity contribution in [1.82, 2.24) is 9.38 Å². The van der Waals surface area contributed by atoms with Gasteiger partial charge in [0.2, 0.25) is 0 Å². The molecule has 0 amide bonds. The van der Waals surface area contributed by atoms with Crippen molar-refractivity contribution in [1.29, 1.82) is 0 Å². The van der Waals surface area contributed by atoms with Crippen LogP contribution in [0, 0.1) is 6.92 Å². The van der Waals surface area contributed by atoms with Crippen LogP contribution in [-0.2, 0) is 12.8 Å². The maximum atomic E-state index is 6.24. The van der Waals surface area contributed by atoms with Crippen molar-refractivity contribution in [2.24, 2.45) is 5.73 Å². The average molecular weight is 285 g/mol. The molecular weight excluding hydrogens is 266 g/mol. The van der Waals surface area contributed by atoms with Gasteiger partial charge in [0.15, 0.2) is 4.96 Å². The average Bonchev–Trinajstić information content (AvgIpc) is 2.97. The third-order valence-corrected chi connectivity index (χ3v) is 4.27. The summed E-state index contributed by atoms with van der Waals surface area (Å²) in [4.78, 5) is 5.63. The molecule has 2 aromatic heterocycles. The van der Waals surface area contributed by atoms with Gasteiger partial charge in [0.25, 0.3) is 0 Å². The summed E-state index contributed by atoms with van der Waals surface area (Å²) >= 11 is 1.66. The fourth-order valence-electron chi connectivity index (χ4n) is 2.46. The predicted molar refractivity (Wildman–Crippen MR) is 84.2 cm³/mol. The zero-order chi connectivity index (χ0) is 13.9. The van der Waals surface area contributed by atoms with E-state index in [9.17, 15) is 0 Å². The molecule has 104 valence electrons. The van der Waals surface area contributed by atoms with Gasteiger partial charge in [-0.2, -0.15) is 0 Å². The van der Waals surface area contributed by atoms with Gasteiger partial charge in [0.05, 0.1) is 5.69 Å². The number of hydrogen-bond donors (Lipinski definition) is 1. The Morgan fingerprint density at radius 2 is 2.30 bits per heavy atom. The van der Waals surface area contributed by atoms with Crippen molar-refractivity contribution in [2.45, 2.75) is 32.2 Å². The molecule has 4 heteroatoms. The molecule has 0 aliphatic rings. The Hall–Kier alpha value is -1.65. The van der Waals surface area contributed by atoms with Crippen LogP contribution in [-0.4, -0.2) is 15.4 Å². The molecule has 1 unspecified atom stereocenters. The highest BCUT2D eigenvalue weighted by Crippen LogP contribution is 2.14. The fourth-order valence-corrected chi connectivity index (χ4v) is 3.18. The second kappa shape index (κ2) is 5.77. The molecule has 0 radical (unpaired) electrons. The molecule has 3 rings (SSSR count). The fraction of sp³-hybridized carbons (Fsp3) is 0.312. The van der Waals surface area contributed by atoms with Gasteiger partial charge in [0.1, 0.15) is 0 Å². The molecule has 0 aliphatic heterocycles. The Morgan fingerprint density at radius 1 is 1.40 bits per heavy atom. The third kappa shape index (κ3) is 3.08. The maximum Gasteiger partial charge on any atom is 0.193 e. The normalized spacial score (nSPS) is 12.9. The van der Waals surface area contributed by atoms with Crippen LogP contribution >= 0.6 is 11.3 Å². The zero-order valence-electron chi connectivity index (χ0n) is 11.6. The molecule has 0 bridgehead atoms. The van der Waals surface area contributed by atoms with Crippen LogP contribution in [0.1, 0.15) is 23.2 Å². The number of fused-ring (bicyclic) bond motifs is 1. The van der Waals surface area contributed by atoms with Crippen LogP contribution in [0.15, 0.2) is 42.0 Å². The second-order valence-electron chi connectivity index (χ2n) is 5.32. The number of aryl methyl sites for hydroxylation is 2. The van der Waals surface area contributed by atoms with Gasteiger partial charge < -0.3 is 5.73 Å². The summed E-state index contributed by atoms with van der Waals surface area (Å²) in [7, 11) is 0. The predicted octanol–water partition coefficient (Wildman–Crippen LogP) is 3.21. The first-order valence-corrected chi connectivity index (χ1v) is 7.81. The van der Waals surface area contributed by atoms with E-state index in [2.05, 4.69) is 46.8 Å². The first-order valence-electron chi connectivity index (χ1n) is 6.93. The Bertz CT molecular complexity index is 670. The third-order valence-electron chi connectivity index (χ3n) is 3.50. The molecule has 20 heavy (non-hydrogen) atoms. The number of nitrogens with two attached hydrogens (primary N) is 1. The van der Waals surface area contributed by atoms with Crippen LogP contribution < -0.4 is 5.73 Å². The summed E-state index contributed by atoms with van der Waals surface area (Å²) in [5, 5.41) is 2.05. The van der Waals surface area contributed by atoms with Crippen LogP contribution in [0.3, 0.4) is 0 Å². The summed E-state index contributed by atoms with van der Waals surface area (Å²) in [6.45, 7) is 2.13. The SMILES string of the molecule is Cc1cccc(CCC(N)Cc2cn3ccsc3n2)c1. The van der Waals surface area contributed by atoms with Crippen LogP contribution in [0.5, 0.6) is 0 Å². The summed E-state index contributed by atoms with van der Waals surface area (Å²) < 4.78 is 2.06. The minimum Gasteiger partial charge on any atom is -0.327 e. The summed E-state index contributed by atoms with van der Waals surface area (Å²) in [6, 6.07) is 8.81. The monoisotopic (exact) mass is 285 g/mol. The molecule has 0 aliphatic carbocycles. The molecule has 0 fully saturated rings. The smallest absolute Gasteiger partial charge is 0.193 e. The number of aromatic nitrogens is 2. The highest BCUT2D eigenvalue weighted by atomic mass is 32.1. The van der Waals surface area contributed by atoms with Crippen molar-refractivity contribution in [3.05, 3.63) is 58.9 Å². The van der Waals surface area contributed by atoms with Crippen LogP contribution in [0.25, 0.3) is 4.96 Å². The van der Waals surface area contributed by atoms with Crippen molar-refractivity contribution in [3.8, 4) is 0 Å². The van der Waals surface area contributed by atoms with E-state index >= 15 is 0 Å². The number of nitrogens with zero attached hydrogens (tertiary/aromatic N) is 2. The molecule has 2 heterocycles. The first kappa shape index (κ1) is 13.3. The van der Waals surface area contributed by atoms with E-state index in [1.165, 1.54) is 11.1 Å². The lowest BCUT2D eigenvalue weighted by molar-refractivity contribution is 0.604. The van der Waals surface area contributed by atoms with Crippen molar-refractivity contribution in [3.63, 3.8) is 0 Å². The van der Waals surface area contributed by atoms with E-state index in [1.54, 1.807) is 11.3 Å². The quantitative estimate of drug-likeness (QED) is 0.782. The summed E-state index contributed by atoms with van der Waals surface area (Å²) in [5.41, 5.74) is 10.0. The van der Waals surface area contributed by atoms with E-state index in [0.29, 0.717) is 0 Å². The number of thiazole rings is 1. The molecule has 3 nitrogen and oxygen atoms in total. The van der Waals surface area contributed by atoms with Crippen LogP contribution in [0.2, 0.25) is 0 Å². The molecule has 0 saturated heterocycles. The van der Waals surface area contributed by atoms with Gasteiger partial charge >= 0.3 is 0 Å². The first-order chi connectivity index (χ1) is 9.70. The molecule has 2 N–H and O–H groups in total. The molecular formula is C16H19N3S. The number of benzene rings is 1. The highest BCUT2D eigenvalue weighted by molar-refractivity contribution is 7.15. The topological polar surface area (TPSA) is 43.3 Å². The lowest BCUT2D eigenvalue weighted by Crippen LogP contribution is -2.23. The minimum atomic E-state index is 0.167. The maximum absolute atomic E-state index is 6.24. The van der Waals surface area contributed by atoms with E-state index in [1.807, 2.05) is 11.6 Å².